The maximum atomic E-state index is 12.7. The molecular weight excluding hydrogens is 436 g/mol. The van der Waals surface area contributed by atoms with E-state index in [1.165, 1.54) is 6.92 Å². The van der Waals surface area contributed by atoms with E-state index in [1.807, 2.05) is 6.92 Å². The second kappa shape index (κ2) is 11.7. The van der Waals surface area contributed by atoms with E-state index in [1.54, 1.807) is 24.3 Å². The number of carbonyl (C=O) groups excluding carboxylic acids is 2. The molecule has 0 aromatic heterocycles. The smallest absolute Gasteiger partial charge is 0.364 e. The third-order valence-corrected chi connectivity index (χ3v) is 5.24. The molecule has 1 aromatic carbocycles. The Kier molecular flexibility index (Phi) is 9.32. The molecule has 1 aromatic rings. The summed E-state index contributed by atoms with van der Waals surface area (Å²) in [6, 6.07) is 4.57. The molecule has 1 fully saturated rings. The summed E-state index contributed by atoms with van der Waals surface area (Å²) in [6.45, 7) is 3.02. The fourth-order valence-corrected chi connectivity index (χ4v) is 3.52. The van der Waals surface area contributed by atoms with Crippen LogP contribution in [0.2, 0.25) is 0 Å². The molecule has 2 amide bonds. The van der Waals surface area contributed by atoms with Crippen LogP contribution in [0.3, 0.4) is 0 Å². The molecule has 0 spiro atoms. The lowest BCUT2D eigenvalue weighted by atomic mass is 9.93. The lowest BCUT2D eigenvalue weighted by Crippen LogP contribution is -2.67. The zero-order chi connectivity index (χ0) is 24.6. The van der Waals surface area contributed by atoms with Crippen LogP contribution in [0, 0.1) is 6.92 Å². The number of aryl methyl sites for hydroxylation is 1. The zero-order valence-corrected chi connectivity index (χ0v) is 18.6. The first kappa shape index (κ1) is 26.2. The minimum absolute atomic E-state index is 0.00913. The molecule has 1 saturated heterocycles. The summed E-state index contributed by atoms with van der Waals surface area (Å²) in [5.74, 6) is -5.69. The van der Waals surface area contributed by atoms with Gasteiger partial charge in [0.25, 0.3) is 11.7 Å². The van der Waals surface area contributed by atoms with Gasteiger partial charge in [0.2, 0.25) is 5.91 Å². The molecule has 4 atom stereocenters. The molecule has 1 heterocycles. The van der Waals surface area contributed by atoms with Crippen molar-refractivity contribution in [2.75, 3.05) is 6.61 Å². The molecule has 0 radical (unpaired) electrons. The highest BCUT2D eigenvalue weighted by molar-refractivity contribution is 5.94. The SMILES string of the molecule is CC(=O)N[C@@H]1[C@@H](NC(=O)c2ccc(C)cc2)C[C@](OCCCCCC(=O)O)(C(=O)O)O[C@H]1O. The lowest BCUT2D eigenvalue weighted by molar-refractivity contribution is -0.322. The minimum atomic E-state index is -2.26. The number of aliphatic hydroxyl groups is 1. The molecule has 2 rings (SSSR count). The molecule has 33 heavy (non-hydrogen) atoms. The average molecular weight is 466 g/mol. The molecule has 0 bridgehead atoms. The lowest BCUT2D eigenvalue weighted by Gasteiger charge is -2.44. The van der Waals surface area contributed by atoms with E-state index in [0.29, 0.717) is 24.8 Å². The summed E-state index contributed by atoms with van der Waals surface area (Å²) < 4.78 is 10.8. The van der Waals surface area contributed by atoms with Gasteiger partial charge in [-0.2, -0.15) is 0 Å². The van der Waals surface area contributed by atoms with Crippen LogP contribution in [0.4, 0.5) is 0 Å². The molecule has 5 N–H and O–H groups in total. The van der Waals surface area contributed by atoms with Crippen LogP contribution in [0.25, 0.3) is 0 Å². The molecule has 11 heteroatoms. The van der Waals surface area contributed by atoms with Crippen molar-refractivity contribution in [3.05, 3.63) is 35.4 Å². The van der Waals surface area contributed by atoms with E-state index in [2.05, 4.69) is 10.6 Å². The number of amides is 2. The Morgan fingerprint density at radius 2 is 1.76 bits per heavy atom. The topological polar surface area (TPSA) is 171 Å². The average Bonchev–Trinajstić information content (AvgIpc) is 2.73. The maximum Gasteiger partial charge on any atom is 0.364 e. The molecule has 1 aliphatic rings. The van der Waals surface area contributed by atoms with Gasteiger partial charge >= 0.3 is 11.9 Å². The van der Waals surface area contributed by atoms with Crippen molar-refractivity contribution in [2.45, 2.75) is 70.1 Å². The number of hydrogen-bond donors (Lipinski definition) is 5. The number of hydrogen-bond acceptors (Lipinski definition) is 7. The van der Waals surface area contributed by atoms with Crippen LogP contribution in [0.15, 0.2) is 24.3 Å². The number of rotatable bonds is 11. The van der Waals surface area contributed by atoms with Gasteiger partial charge in [-0.15, -0.1) is 0 Å². The van der Waals surface area contributed by atoms with Crippen LogP contribution in [-0.4, -0.2) is 69.8 Å². The summed E-state index contributed by atoms with van der Waals surface area (Å²) in [6.07, 6.45) is -0.887. The summed E-state index contributed by atoms with van der Waals surface area (Å²) in [5.41, 5.74) is 1.27. The van der Waals surface area contributed by atoms with Crippen molar-refractivity contribution in [3.8, 4) is 0 Å². The van der Waals surface area contributed by atoms with Crippen molar-refractivity contribution >= 4 is 23.8 Å². The first-order valence-corrected chi connectivity index (χ1v) is 10.6. The number of nitrogens with one attached hydrogen (secondary N) is 2. The van der Waals surface area contributed by atoms with Crippen molar-refractivity contribution in [2.24, 2.45) is 0 Å². The Morgan fingerprint density at radius 3 is 2.33 bits per heavy atom. The van der Waals surface area contributed by atoms with E-state index in [0.717, 1.165) is 5.56 Å². The van der Waals surface area contributed by atoms with Gasteiger partial charge in [-0.05, 0) is 31.9 Å². The third-order valence-electron chi connectivity index (χ3n) is 5.24. The van der Waals surface area contributed by atoms with Crippen LogP contribution >= 0.6 is 0 Å². The summed E-state index contributed by atoms with van der Waals surface area (Å²) in [5, 5.41) is 34.1. The van der Waals surface area contributed by atoms with E-state index in [-0.39, 0.29) is 19.4 Å². The van der Waals surface area contributed by atoms with Gasteiger partial charge in [-0.25, -0.2) is 4.79 Å². The van der Waals surface area contributed by atoms with Crippen molar-refractivity contribution in [1.29, 1.82) is 0 Å². The van der Waals surface area contributed by atoms with Gasteiger partial charge in [-0.1, -0.05) is 24.1 Å². The predicted octanol–water partition coefficient (Wildman–Crippen LogP) is 0.779. The van der Waals surface area contributed by atoms with Gasteiger partial charge in [-0.3, -0.25) is 14.4 Å². The maximum absolute atomic E-state index is 12.7. The Balaban J connectivity index is 2.15. The van der Waals surface area contributed by atoms with Gasteiger partial charge < -0.3 is 35.4 Å². The second-order valence-corrected chi connectivity index (χ2v) is 8.00. The largest absolute Gasteiger partial charge is 0.481 e. The first-order chi connectivity index (χ1) is 15.5. The fraction of sp³-hybridized carbons (Fsp3) is 0.545. The molecule has 11 nitrogen and oxygen atoms in total. The zero-order valence-electron chi connectivity index (χ0n) is 18.6. The number of ether oxygens (including phenoxy) is 2. The number of carbonyl (C=O) groups is 4. The molecule has 182 valence electrons. The van der Waals surface area contributed by atoms with E-state index < -0.39 is 47.9 Å². The Morgan fingerprint density at radius 1 is 1.09 bits per heavy atom. The minimum Gasteiger partial charge on any atom is -0.481 e. The van der Waals surface area contributed by atoms with E-state index in [9.17, 15) is 29.4 Å². The third kappa shape index (κ3) is 7.52. The highest BCUT2D eigenvalue weighted by Crippen LogP contribution is 2.31. The monoisotopic (exact) mass is 466 g/mol. The van der Waals surface area contributed by atoms with Gasteiger partial charge in [0.05, 0.1) is 12.6 Å². The quantitative estimate of drug-likeness (QED) is 0.296. The van der Waals surface area contributed by atoms with Crippen LogP contribution < -0.4 is 10.6 Å². The number of benzene rings is 1. The summed E-state index contributed by atoms with van der Waals surface area (Å²) >= 11 is 0. The highest BCUT2D eigenvalue weighted by Gasteiger charge is 2.53. The van der Waals surface area contributed by atoms with Gasteiger partial charge in [0.1, 0.15) is 6.04 Å². The van der Waals surface area contributed by atoms with Crippen molar-refractivity contribution < 1.29 is 44.0 Å². The Labute approximate surface area is 191 Å². The molecule has 0 unspecified atom stereocenters. The normalized spacial score (nSPS) is 24.6. The number of aliphatic hydroxyl groups excluding tert-OH is 1. The van der Waals surface area contributed by atoms with Crippen molar-refractivity contribution in [3.63, 3.8) is 0 Å². The number of carboxylic acid groups (broad SMARTS) is 2. The molecular formula is C22H30N2O9. The fourth-order valence-electron chi connectivity index (χ4n) is 3.52. The molecule has 1 aliphatic heterocycles. The number of aliphatic carboxylic acids is 2. The second-order valence-electron chi connectivity index (χ2n) is 8.00. The summed E-state index contributed by atoms with van der Waals surface area (Å²) in [7, 11) is 0. The van der Waals surface area contributed by atoms with Crippen LogP contribution in [-0.2, 0) is 23.9 Å². The van der Waals surface area contributed by atoms with E-state index in [4.69, 9.17) is 14.6 Å². The highest BCUT2D eigenvalue weighted by atomic mass is 16.8. The molecule has 0 aliphatic carbocycles. The number of carboxylic acids is 2. The van der Waals surface area contributed by atoms with E-state index >= 15 is 0 Å². The van der Waals surface area contributed by atoms with Crippen LogP contribution in [0.1, 0.15) is 54.9 Å². The predicted molar refractivity (Wildman–Crippen MR) is 114 cm³/mol. The van der Waals surface area contributed by atoms with Gasteiger partial charge in [0, 0.05) is 25.3 Å². The first-order valence-electron chi connectivity index (χ1n) is 10.6. The Hall–Kier alpha value is -3.02. The van der Waals surface area contributed by atoms with Crippen LogP contribution in [0.5, 0.6) is 0 Å². The molecule has 0 saturated carbocycles. The summed E-state index contributed by atoms with van der Waals surface area (Å²) in [4.78, 5) is 47.0. The number of unbranched alkanes of at least 4 members (excludes halogenated alkanes) is 2. The standard InChI is InChI=1S/C22H30N2O9/c1-13-7-9-15(10-8-13)19(28)24-16-12-22(21(30)31,32-11-5-3-4-6-17(26)27)33-20(29)18(16)23-14(2)25/h7-10,16,18,20,29H,3-6,11-12H2,1-2H3,(H,23,25)(H,24,28)(H,26,27)(H,30,31)/t16-,18+,20+,22+/m0/s1. The van der Waals surface area contributed by atoms with Crippen molar-refractivity contribution in [1.82, 2.24) is 10.6 Å². The Bertz CT molecular complexity index is 858. The van der Waals surface area contributed by atoms with Gasteiger partial charge in [0.15, 0.2) is 6.29 Å².